The Morgan fingerprint density at radius 3 is 2.69 bits per heavy atom. The second-order valence-corrected chi connectivity index (χ2v) is 5.67. The van der Waals surface area contributed by atoms with Gasteiger partial charge in [-0.05, 0) is 34.8 Å². The molecule has 0 saturated heterocycles. The van der Waals surface area contributed by atoms with E-state index in [1.807, 2.05) is 0 Å². The number of rotatable bonds is 0. The van der Waals surface area contributed by atoms with Gasteiger partial charge in [-0.2, -0.15) is 0 Å². The van der Waals surface area contributed by atoms with E-state index in [9.17, 15) is 0 Å². The fourth-order valence-corrected chi connectivity index (χ4v) is 2.90. The Morgan fingerprint density at radius 2 is 1.88 bits per heavy atom. The Morgan fingerprint density at radius 1 is 1.12 bits per heavy atom. The Bertz CT molecular complexity index is 567. The summed E-state index contributed by atoms with van der Waals surface area (Å²) in [6, 6.07) is 10.7. The highest BCUT2D eigenvalue weighted by Crippen LogP contribution is 2.41. The Labute approximate surface area is 96.3 Å². The second-order valence-electron chi connectivity index (χ2n) is 5.67. The summed E-state index contributed by atoms with van der Waals surface area (Å²) >= 11 is 0. The lowest BCUT2D eigenvalue weighted by Gasteiger charge is -2.15. The first-order valence-corrected chi connectivity index (χ1v) is 5.86. The molecule has 16 heavy (non-hydrogen) atoms. The van der Waals surface area contributed by atoms with Crippen molar-refractivity contribution >= 4 is 16.5 Å². The fraction of sp³-hybridized carbons (Fsp3) is 0.333. The highest BCUT2D eigenvalue weighted by molar-refractivity contribution is 5.95. The number of benzene rings is 2. The van der Waals surface area contributed by atoms with Crippen LogP contribution in [-0.2, 0) is 12.8 Å². The molecule has 0 radical (unpaired) electrons. The van der Waals surface area contributed by atoms with Crippen molar-refractivity contribution in [2.24, 2.45) is 5.41 Å². The van der Waals surface area contributed by atoms with Gasteiger partial charge < -0.3 is 5.73 Å². The Balaban J connectivity index is 2.31. The van der Waals surface area contributed by atoms with Gasteiger partial charge in [0.15, 0.2) is 0 Å². The van der Waals surface area contributed by atoms with Crippen molar-refractivity contribution < 1.29 is 0 Å². The third-order valence-corrected chi connectivity index (χ3v) is 3.62. The molecule has 0 spiro atoms. The summed E-state index contributed by atoms with van der Waals surface area (Å²) in [6.07, 6.45) is 2.26. The largest absolute Gasteiger partial charge is 0.398 e. The first kappa shape index (κ1) is 9.71. The molecule has 0 heterocycles. The summed E-state index contributed by atoms with van der Waals surface area (Å²) in [7, 11) is 0. The highest BCUT2D eigenvalue weighted by atomic mass is 14.6. The Hall–Kier alpha value is -1.50. The van der Waals surface area contributed by atoms with Crippen molar-refractivity contribution in [1.82, 2.24) is 0 Å². The molecule has 1 nitrogen and oxygen atoms in total. The molecule has 0 atom stereocenters. The normalized spacial score (nSPS) is 17.6. The molecule has 2 aromatic rings. The highest BCUT2D eigenvalue weighted by Gasteiger charge is 2.30. The smallest absolute Gasteiger partial charge is 0.0429 e. The first-order chi connectivity index (χ1) is 7.57. The van der Waals surface area contributed by atoms with E-state index in [1.54, 1.807) is 0 Å². The van der Waals surface area contributed by atoms with Crippen LogP contribution >= 0.6 is 0 Å². The molecular formula is C15H17N. The van der Waals surface area contributed by atoms with Crippen LogP contribution in [0.15, 0.2) is 30.3 Å². The molecule has 0 saturated carbocycles. The maximum absolute atomic E-state index is 6.29. The maximum atomic E-state index is 6.29. The van der Waals surface area contributed by atoms with Gasteiger partial charge in [-0.15, -0.1) is 0 Å². The van der Waals surface area contributed by atoms with Crippen LogP contribution in [0.5, 0.6) is 0 Å². The summed E-state index contributed by atoms with van der Waals surface area (Å²) in [5.41, 5.74) is 10.5. The average molecular weight is 211 g/mol. The maximum Gasteiger partial charge on any atom is 0.0429 e. The number of nitrogens with two attached hydrogens (primary N) is 1. The van der Waals surface area contributed by atoms with Gasteiger partial charge in [0, 0.05) is 11.1 Å². The van der Waals surface area contributed by atoms with Crippen LogP contribution in [0.2, 0.25) is 0 Å². The molecule has 0 aromatic heterocycles. The van der Waals surface area contributed by atoms with Crippen molar-refractivity contribution in [2.45, 2.75) is 26.7 Å². The van der Waals surface area contributed by atoms with E-state index in [2.05, 4.69) is 44.2 Å². The minimum Gasteiger partial charge on any atom is -0.398 e. The minimum absolute atomic E-state index is 0.369. The molecular weight excluding hydrogens is 194 g/mol. The van der Waals surface area contributed by atoms with E-state index in [-0.39, 0.29) is 0 Å². The van der Waals surface area contributed by atoms with E-state index in [1.165, 1.54) is 21.9 Å². The van der Waals surface area contributed by atoms with Crippen LogP contribution in [0, 0.1) is 5.41 Å². The van der Waals surface area contributed by atoms with Gasteiger partial charge in [0.2, 0.25) is 0 Å². The number of anilines is 1. The summed E-state index contributed by atoms with van der Waals surface area (Å²) < 4.78 is 0. The zero-order chi connectivity index (χ0) is 11.3. The zero-order valence-electron chi connectivity index (χ0n) is 9.88. The molecule has 0 aliphatic heterocycles. The molecule has 82 valence electrons. The van der Waals surface area contributed by atoms with Crippen LogP contribution in [0.3, 0.4) is 0 Å². The van der Waals surface area contributed by atoms with Gasteiger partial charge in [0.25, 0.3) is 0 Å². The number of hydrogen-bond acceptors (Lipinski definition) is 1. The van der Waals surface area contributed by atoms with Gasteiger partial charge in [-0.3, -0.25) is 0 Å². The fourth-order valence-electron chi connectivity index (χ4n) is 2.90. The second kappa shape index (κ2) is 3.00. The van der Waals surface area contributed by atoms with E-state index in [0.717, 1.165) is 18.5 Å². The average Bonchev–Trinajstić information content (AvgIpc) is 2.53. The molecule has 1 aliphatic rings. The summed E-state index contributed by atoms with van der Waals surface area (Å²) in [5, 5.41) is 2.48. The van der Waals surface area contributed by atoms with E-state index < -0.39 is 0 Å². The molecule has 0 fully saturated rings. The third kappa shape index (κ3) is 1.31. The predicted octanol–water partition coefficient (Wildman–Crippen LogP) is 3.55. The monoisotopic (exact) mass is 211 g/mol. The van der Waals surface area contributed by atoms with Gasteiger partial charge in [0.1, 0.15) is 0 Å². The lowest BCUT2D eigenvalue weighted by molar-refractivity contribution is 0.393. The molecule has 3 rings (SSSR count). The van der Waals surface area contributed by atoms with Crippen molar-refractivity contribution in [3.63, 3.8) is 0 Å². The summed E-state index contributed by atoms with van der Waals surface area (Å²) in [4.78, 5) is 0. The first-order valence-electron chi connectivity index (χ1n) is 5.86. The van der Waals surface area contributed by atoms with Crippen LogP contribution in [0.1, 0.15) is 25.0 Å². The van der Waals surface area contributed by atoms with Gasteiger partial charge >= 0.3 is 0 Å². The Kier molecular flexibility index (Phi) is 1.82. The standard InChI is InChI=1S/C15H17N/c1-15(2)8-11-7-10-5-3-4-6-12(10)14(16)13(11)9-15/h3-7H,8-9,16H2,1-2H3. The SMILES string of the molecule is CC1(C)Cc2cc3ccccc3c(N)c2C1. The quantitative estimate of drug-likeness (QED) is 0.663. The predicted molar refractivity (Wildman–Crippen MR) is 69.5 cm³/mol. The van der Waals surface area contributed by atoms with Crippen molar-refractivity contribution in [1.29, 1.82) is 0 Å². The molecule has 2 aromatic carbocycles. The van der Waals surface area contributed by atoms with Crippen LogP contribution < -0.4 is 5.73 Å². The van der Waals surface area contributed by atoms with E-state index in [4.69, 9.17) is 5.73 Å². The van der Waals surface area contributed by atoms with Crippen molar-refractivity contribution in [2.75, 3.05) is 5.73 Å². The summed E-state index contributed by atoms with van der Waals surface area (Å²) in [5.74, 6) is 0. The number of fused-ring (bicyclic) bond motifs is 2. The topological polar surface area (TPSA) is 26.0 Å². The van der Waals surface area contributed by atoms with Gasteiger partial charge in [-0.25, -0.2) is 0 Å². The molecule has 0 amide bonds. The third-order valence-electron chi connectivity index (χ3n) is 3.62. The van der Waals surface area contributed by atoms with Crippen LogP contribution in [0.25, 0.3) is 10.8 Å². The lowest BCUT2D eigenvalue weighted by atomic mass is 9.90. The van der Waals surface area contributed by atoms with Crippen molar-refractivity contribution in [3.8, 4) is 0 Å². The van der Waals surface area contributed by atoms with E-state index in [0.29, 0.717) is 5.41 Å². The molecule has 1 heteroatoms. The lowest BCUT2D eigenvalue weighted by Crippen LogP contribution is -2.09. The van der Waals surface area contributed by atoms with Gasteiger partial charge in [-0.1, -0.05) is 44.2 Å². The van der Waals surface area contributed by atoms with Crippen LogP contribution in [0.4, 0.5) is 5.69 Å². The van der Waals surface area contributed by atoms with E-state index >= 15 is 0 Å². The molecule has 2 N–H and O–H groups in total. The van der Waals surface area contributed by atoms with Crippen molar-refractivity contribution in [3.05, 3.63) is 41.5 Å². The summed E-state index contributed by atoms with van der Waals surface area (Å²) in [6.45, 7) is 4.63. The number of hydrogen-bond donors (Lipinski definition) is 1. The minimum atomic E-state index is 0.369. The molecule has 0 bridgehead atoms. The number of nitrogen functional groups attached to an aromatic ring is 1. The van der Waals surface area contributed by atoms with Gasteiger partial charge in [0.05, 0.1) is 0 Å². The molecule has 0 unspecified atom stereocenters. The van der Waals surface area contributed by atoms with Crippen LogP contribution in [-0.4, -0.2) is 0 Å². The zero-order valence-corrected chi connectivity index (χ0v) is 9.88. The molecule has 1 aliphatic carbocycles.